The van der Waals surface area contributed by atoms with Crippen molar-refractivity contribution in [1.29, 1.82) is 5.26 Å². The molecule has 0 radical (unpaired) electrons. The number of hydrogen-bond acceptors (Lipinski definition) is 4. The van der Waals surface area contributed by atoms with Gasteiger partial charge in [0.25, 0.3) is 0 Å². The van der Waals surface area contributed by atoms with Crippen LogP contribution in [0.15, 0.2) is 58.5 Å². The summed E-state index contributed by atoms with van der Waals surface area (Å²) in [5.41, 5.74) is 0.391. The number of nitrogens with zero attached hydrogens (tertiary/aromatic N) is 2. The lowest BCUT2D eigenvalue weighted by molar-refractivity contribution is 0.601. The number of hydrogen-bond donors (Lipinski definition) is 0. The van der Waals surface area contributed by atoms with Crippen molar-refractivity contribution in [3.8, 4) is 6.07 Å². The Labute approximate surface area is 131 Å². The second kappa shape index (κ2) is 5.13. The van der Waals surface area contributed by atoms with Gasteiger partial charge in [-0.25, -0.2) is 12.8 Å². The van der Waals surface area contributed by atoms with Crippen molar-refractivity contribution in [2.75, 3.05) is 4.90 Å². The molecule has 0 N–H and O–H groups in total. The molecule has 1 heterocycles. The van der Waals surface area contributed by atoms with Gasteiger partial charge in [0, 0.05) is 11.2 Å². The van der Waals surface area contributed by atoms with Gasteiger partial charge in [-0.3, -0.25) is 0 Å². The highest BCUT2D eigenvalue weighted by Crippen LogP contribution is 2.40. The van der Waals surface area contributed by atoms with Crippen LogP contribution in [-0.4, -0.2) is 8.42 Å². The summed E-state index contributed by atoms with van der Waals surface area (Å²) in [6.07, 6.45) is 1.12. The Balaban J connectivity index is 2.31. The first-order valence-corrected chi connectivity index (χ1v) is 8.01. The molecule has 0 atom stereocenters. The van der Waals surface area contributed by atoms with Crippen LogP contribution >= 0.6 is 11.6 Å². The predicted molar refractivity (Wildman–Crippen MR) is 80.9 cm³/mol. The van der Waals surface area contributed by atoms with E-state index in [1.165, 1.54) is 23.1 Å². The van der Waals surface area contributed by atoms with Crippen molar-refractivity contribution in [2.24, 2.45) is 0 Å². The number of nitriles is 1. The van der Waals surface area contributed by atoms with E-state index in [0.717, 1.165) is 12.3 Å². The van der Waals surface area contributed by atoms with E-state index in [2.05, 4.69) is 0 Å². The van der Waals surface area contributed by atoms with Crippen LogP contribution in [0.4, 0.5) is 15.8 Å². The summed E-state index contributed by atoms with van der Waals surface area (Å²) in [6.45, 7) is 0. The number of halogens is 2. The summed E-state index contributed by atoms with van der Waals surface area (Å²) in [5, 5.41) is 9.32. The molecule has 7 heteroatoms. The van der Waals surface area contributed by atoms with Gasteiger partial charge >= 0.3 is 0 Å². The second-order valence-electron chi connectivity index (χ2n) is 4.54. The molecule has 0 saturated carbocycles. The number of allylic oxidation sites excluding steroid dienone is 1. The number of fused-ring (bicyclic) bond motifs is 1. The van der Waals surface area contributed by atoms with E-state index in [1.54, 1.807) is 24.3 Å². The Morgan fingerprint density at radius 1 is 1.14 bits per heavy atom. The summed E-state index contributed by atoms with van der Waals surface area (Å²) < 4.78 is 38.8. The van der Waals surface area contributed by atoms with Gasteiger partial charge in [0.2, 0.25) is 9.84 Å². The van der Waals surface area contributed by atoms with E-state index < -0.39 is 20.6 Å². The molecule has 2 aromatic rings. The van der Waals surface area contributed by atoms with Gasteiger partial charge in [-0.2, -0.15) is 5.26 Å². The highest BCUT2D eigenvalue weighted by Gasteiger charge is 2.32. The summed E-state index contributed by atoms with van der Waals surface area (Å²) in [7, 11) is -3.89. The summed E-state index contributed by atoms with van der Waals surface area (Å²) in [5.74, 6) is -0.616. The lowest BCUT2D eigenvalue weighted by Crippen LogP contribution is -2.21. The third-order valence-electron chi connectivity index (χ3n) is 3.23. The molecular formula is C15H8ClFN2O2S. The quantitative estimate of drug-likeness (QED) is 0.796. The molecule has 0 aliphatic carbocycles. The maximum Gasteiger partial charge on any atom is 0.220 e. The number of benzene rings is 2. The van der Waals surface area contributed by atoms with Crippen LogP contribution in [0.25, 0.3) is 0 Å². The van der Waals surface area contributed by atoms with Gasteiger partial charge in [0.15, 0.2) is 4.91 Å². The highest BCUT2D eigenvalue weighted by atomic mass is 35.5. The maximum absolute atomic E-state index is 14.2. The number of rotatable bonds is 1. The second-order valence-corrected chi connectivity index (χ2v) is 6.87. The first-order valence-electron chi connectivity index (χ1n) is 6.15. The number of para-hydroxylation sites is 1. The van der Waals surface area contributed by atoms with E-state index in [-0.39, 0.29) is 21.3 Å². The number of sulfone groups is 1. The van der Waals surface area contributed by atoms with Crippen molar-refractivity contribution in [2.45, 2.75) is 4.90 Å². The minimum Gasteiger partial charge on any atom is -0.311 e. The predicted octanol–water partition coefficient (Wildman–Crippen LogP) is 3.77. The average Bonchev–Trinajstić information content (AvgIpc) is 2.49. The Morgan fingerprint density at radius 2 is 1.86 bits per heavy atom. The molecular weight excluding hydrogens is 327 g/mol. The van der Waals surface area contributed by atoms with Crippen LogP contribution in [0.5, 0.6) is 0 Å². The molecule has 0 saturated heterocycles. The molecule has 0 bridgehead atoms. The van der Waals surface area contributed by atoms with Crippen molar-refractivity contribution in [3.05, 3.63) is 64.4 Å². The molecule has 2 aromatic carbocycles. The lowest BCUT2D eigenvalue weighted by atomic mass is 10.2. The molecule has 3 rings (SSSR count). The average molecular weight is 335 g/mol. The molecule has 1 aliphatic rings. The highest BCUT2D eigenvalue weighted by molar-refractivity contribution is 7.95. The van der Waals surface area contributed by atoms with Gasteiger partial charge in [-0.1, -0.05) is 23.7 Å². The summed E-state index contributed by atoms with van der Waals surface area (Å²) in [6, 6.07) is 11.8. The van der Waals surface area contributed by atoms with Crippen molar-refractivity contribution in [1.82, 2.24) is 0 Å². The topological polar surface area (TPSA) is 61.2 Å². The first-order chi connectivity index (χ1) is 10.4. The third-order valence-corrected chi connectivity index (χ3v) is 5.16. The van der Waals surface area contributed by atoms with E-state index in [0.29, 0.717) is 0 Å². The van der Waals surface area contributed by atoms with Crippen molar-refractivity contribution < 1.29 is 12.8 Å². The molecule has 22 heavy (non-hydrogen) atoms. The molecule has 0 spiro atoms. The SMILES string of the molecule is N#CC1=CN(c2ccc(Cl)cc2F)c2ccccc2S1(=O)=O. The molecule has 0 unspecified atom stereocenters. The Kier molecular flexibility index (Phi) is 3.39. The number of anilines is 2. The lowest BCUT2D eigenvalue weighted by Gasteiger charge is -2.27. The third kappa shape index (κ3) is 2.15. The molecule has 110 valence electrons. The van der Waals surface area contributed by atoms with Crippen LogP contribution in [0.3, 0.4) is 0 Å². The van der Waals surface area contributed by atoms with Gasteiger partial charge in [-0.15, -0.1) is 0 Å². The summed E-state index contributed by atoms with van der Waals surface area (Å²) in [4.78, 5) is 0.851. The van der Waals surface area contributed by atoms with Gasteiger partial charge in [0.05, 0.1) is 16.3 Å². The van der Waals surface area contributed by atoms with Gasteiger partial charge in [0.1, 0.15) is 11.9 Å². The molecule has 0 amide bonds. The minimum absolute atomic E-state index is 0.0385. The zero-order valence-electron chi connectivity index (χ0n) is 11.0. The largest absolute Gasteiger partial charge is 0.311 e. The van der Waals surface area contributed by atoms with Crippen molar-refractivity contribution in [3.63, 3.8) is 0 Å². The molecule has 0 fully saturated rings. The van der Waals surface area contributed by atoms with Gasteiger partial charge in [-0.05, 0) is 30.3 Å². The van der Waals surface area contributed by atoms with Crippen LogP contribution in [0, 0.1) is 17.1 Å². The molecule has 1 aliphatic heterocycles. The van der Waals surface area contributed by atoms with Crippen LogP contribution in [0.1, 0.15) is 0 Å². The standard InChI is InChI=1S/C15H8ClFN2O2S/c16-10-5-6-13(12(17)7-10)19-9-11(8-18)22(20,21)15-4-2-1-3-14(15)19/h1-7,9H. The Bertz CT molecular complexity index is 948. The molecule has 0 aromatic heterocycles. The zero-order chi connectivity index (χ0) is 15.9. The van der Waals surface area contributed by atoms with E-state index in [1.807, 2.05) is 0 Å². The van der Waals surface area contributed by atoms with Crippen LogP contribution < -0.4 is 4.90 Å². The minimum atomic E-state index is -3.89. The Morgan fingerprint density at radius 3 is 2.55 bits per heavy atom. The fourth-order valence-corrected chi connectivity index (χ4v) is 3.68. The molecule has 4 nitrogen and oxygen atoms in total. The summed E-state index contributed by atoms with van der Waals surface area (Å²) >= 11 is 5.74. The fraction of sp³-hybridized carbons (Fsp3) is 0. The van der Waals surface area contributed by atoms with Crippen LogP contribution in [0.2, 0.25) is 5.02 Å². The smallest absolute Gasteiger partial charge is 0.220 e. The normalized spacial score (nSPS) is 15.7. The van der Waals surface area contributed by atoms with Crippen molar-refractivity contribution >= 4 is 32.8 Å². The van der Waals surface area contributed by atoms with Gasteiger partial charge < -0.3 is 4.90 Å². The van der Waals surface area contributed by atoms with Crippen LogP contribution in [-0.2, 0) is 9.84 Å². The fourth-order valence-electron chi connectivity index (χ4n) is 2.22. The maximum atomic E-state index is 14.2. The van der Waals surface area contributed by atoms with E-state index in [9.17, 15) is 12.8 Å². The van der Waals surface area contributed by atoms with E-state index in [4.69, 9.17) is 16.9 Å². The van der Waals surface area contributed by atoms with E-state index >= 15 is 0 Å². The first kappa shape index (κ1) is 14.6. The Hall–Kier alpha value is -2.36. The monoisotopic (exact) mass is 334 g/mol. The zero-order valence-corrected chi connectivity index (χ0v) is 12.6.